The fraction of sp³-hybridized carbons (Fsp3) is 0. The second-order valence-corrected chi connectivity index (χ2v) is 4.73. The second kappa shape index (κ2) is 5.95. The molecule has 0 spiro atoms. The normalized spacial score (nSPS) is 10.5. The number of rotatable bonds is 3. The number of carbonyl (C=O) groups is 1. The van der Waals surface area contributed by atoms with Gasteiger partial charge in [0.15, 0.2) is 0 Å². The molecule has 3 aromatic rings. The van der Waals surface area contributed by atoms with Gasteiger partial charge in [0.25, 0.3) is 5.89 Å². The van der Waals surface area contributed by atoms with Crippen molar-refractivity contribution in [2.75, 3.05) is 5.32 Å². The van der Waals surface area contributed by atoms with Crippen molar-refractivity contribution < 1.29 is 13.6 Å². The molecule has 0 saturated carbocycles. The Labute approximate surface area is 129 Å². The highest BCUT2D eigenvalue weighted by molar-refractivity contribution is 6.33. The maximum Gasteiger partial charge on any atom is 0.313 e. The molecule has 5 nitrogen and oxygen atoms in total. The van der Waals surface area contributed by atoms with Crippen molar-refractivity contribution in [1.82, 2.24) is 10.2 Å². The number of carbonyl (C=O) groups excluding carboxylic acids is 1. The Kier molecular flexibility index (Phi) is 3.84. The highest BCUT2D eigenvalue weighted by Crippen LogP contribution is 2.23. The first-order valence-corrected chi connectivity index (χ1v) is 6.67. The number of nitrogens with zero attached hydrogens (tertiary/aromatic N) is 2. The highest BCUT2D eigenvalue weighted by atomic mass is 35.5. The fourth-order valence-corrected chi connectivity index (χ4v) is 1.98. The van der Waals surface area contributed by atoms with Crippen molar-refractivity contribution in [2.45, 2.75) is 0 Å². The quantitative estimate of drug-likeness (QED) is 0.798. The van der Waals surface area contributed by atoms with Gasteiger partial charge in [-0.05, 0) is 24.3 Å². The van der Waals surface area contributed by atoms with E-state index in [1.165, 1.54) is 12.1 Å². The average molecular weight is 318 g/mol. The standard InChI is InChI=1S/C15H9ClFN3O2/c16-10-6-2-4-8-12(10)18-13(21)15-20-19-14(22-15)9-5-1-3-7-11(9)17/h1-8H,(H,18,21). The molecular weight excluding hydrogens is 309 g/mol. The Balaban J connectivity index is 1.84. The number of para-hydroxylation sites is 1. The van der Waals surface area contributed by atoms with Crippen LogP contribution < -0.4 is 5.32 Å². The van der Waals surface area contributed by atoms with E-state index in [2.05, 4.69) is 15.5 Å². The molecule has 0 radical (unpaired) electrons. The third-order valence-electron chi connectivity index (χ3n) is 2.85. The molecule has 1 N–H and O–H groups in total. The summed E-state index contributed by atoms with van der Waals surface area (Å²) in [5.41, 5.74) is 0.548. The number of nitrogens with one attached hydrogen (secondary N) is 1. The molecule has 1 heterocycles. The first-order chi connectivity index (χ1) is 10.6. The molecule has 1 amide bonds. The molecule has 0 aliphatic heterocycles. The van der Waals surface area contributed by atoms with Crippen LogP contribution >= 0.6 is 11.6 Å². The molecule has 110 valence electrons. The van der Waals surface area contributed by atoms with E-state index >= 15 is 0 Å². The van der Waals surface area contributed by atoms with E-state index in [9.17, 15) is 9.18 Å². The van der Waals surface area contributed by atoms with Crippen LogP contribution in [-0.2, 0) is 0 Å². The molecule has 0 aliphatic carbocycles. The van der Waals surface area contributed by atoms with Crippen LogP contribution in [0.15, 0.2) is 52.9 Å². The van der Waals surface area contributed by atoms with Gasteiger partial charge in [-0.3, -0.25) is 4.79 Å². The lowest BCUT2D eigenvalue weighted by Crippen LogP contribution is -2.12. The van der Waals surface area contributed by atoms with Gasteiger partial charge in [0.2, 0.25) is 0 Å². The Hall–Kier alpha value is -2.73. The second-order valence-electron chi connectivity index (χ2n) is 4.33. The molecule has 3 rings (SSSR count). The molecular formula is C15H9ClFN3O2. The maximum absolute atomic E-state index is 13.6. The van der Waals surface area contributed by atoms with Crippen LogP contribution in [0.4, 0.5) is 10.1 Å². The molecule has 0 saturated heterocycles. The first kappa shape index (κ1) is 14.2. The van der Waals surface area contributed by atoms with Crippen molar-refractivity contribution in [2.24, 2.45) is 0 Å². The minimum atomic E-state index is -0.622. The zero-order chi connectivity index (χ0) is 15.5. The Morgan fingerprint density at radius 1 is 1.09 bits per heavy atom. The van der Waals surface area contributed by atoms with E-state index in [1.807, 2.05) is 0 Å². The van der Waals surface area contributed by atoms with E-state index in [1.54, 1.807) is 36.4 Å². The zero-order valence-corrected chi connectivity index (χ0v) is 11.8. The monoisotopic (exact) mass is 317 g/mol. The van der Waals surface area contributed by atoms with Gasteiger partial charge in [0.1, 0.15) is 5.82 Å². The summed E-state index contributed by atoms with van der Waals surface area (Å²) in [4.78, 5) is 12.0. The fourth-order valence-electron chi connectivity index (χ4n) is 1.80. The van der Waals surface area contributed by atoms with Crippen LogP contribution in [0.2, 0.25) is 5.02 Å². The summed E-state index contributed by atoms with van der Waals surface area (Å²) in [5.74, 6) is -1.48. The summed E-state index contributed by atoms with van der Waals surface area (Å²) in [6.07, 6.45) is 0. The predicted octanol–water partition coefficient (Wildman–Crippen LogP) is 3.78. The first-order valence-electron chi connectivity index (χ1n) is 6.29. The zero-order valence-electron chi connectivity index (χ0n) is 11.1. The van der Waals surface area contributed by atoms with Gasteiger partial charge in [-0.1, -0.05) is 35.9 Å². The molecule has 0 unspecified atom stereocenters. The van der Waals surface area contributed by atoms with Crippen molar-refractivity contribution in [1.29, 1.82) is 0 Å². The summed E-state index contributed by atoms with van der Waals surface area (Å²) < 4.78 is 18.8. The highest BCUT2D eigenvalue weighted by Gasteiger charge is 2.18. The molecule has 2 aromatic carbocycles. The smallest absolute Gasteiger partial charge is 0.313 e. The molecule has 0 aliphatic rings. The third-order valence-corrected chi connectivity index (χ3v) is 3.18. The number of amides is 1. The van der Waals surface area contributed by atoms with Crippen LogP contribution in [0.3, 0.4) is 0 Å². The lowest BCUT2D eigenvalue weighted by atomic mass is 10.2. The summed E-state index contributed by atoms with van der Waals surface area (Å²) in [6, 6.07) is 12.7. The molecule has 22 heavy (non-hydrogen) atoms. The average Bonchev–Trinajstić information content (AvgIpc) is 3.00. The van der Waals surface area contributed by atoms with E-state index in [4.69, 9.17) is 16.0 Å². The van der Waals surface area contributed by atoms with Gasteiger partial charge in [-0.15, -0.1) is 10.2 Å². The molecule has 0 bridgehead atoms. The van der Waals surface area contributed by atoms with Crippen LogP contribution in [0.5, 0.6) is 0 Å². The van der Waals surface area contributed by atoms with Crippen LogP contribution in [0, 0.1) is 5.82 Å². The van der Waals surface area contributed by atoms with Gasteiger partial charge >= 0.3 is 11.8 Å². The number of hydrogen-bond donors (Lipinski definition) is 1. The SMILES string of the molecule is O=C(Nc1ccccc1Cl)c1nnc(-c2ccccc2F)o1. The summed E-state index contributed by atoms with van der Waals surface area (Å²) in [7, 11) is 0. The summed E-state index contributed by atoms with van der Waals surface area (Å²) in [5, 5.41) is 10.2. The largest absolute Gasteiger partial charge is 0.412 e. The number of benzene rings is 2. The Morgan fingerprint density at radius 2 is 1.82 bits per heavy atom. The Bertz CT molecular complexity index is 835. The van der Waals surface area contributed by atoms with Gasteiger partial charge < -0.3 is 9.73 Å². The molecule has 7 heteroatoms. The van der Waals surface area contributed by atoms with Gasteiger partial charge in [-0.2, -0.15) is 0 Å². The van der Waals surface area contributed by atoms with Crippen LogP contribution in [0.1, 0.15) is 10.7 Å². The molecule has 0 atom stereocenters. The summed E-state index contributed by atoms with van der Waals surface area (Å²) >= 11 is 5.95. The topological polar surface area (TPSA) is 68.0 Å². The minimum absolute atomic E-state index is 0.0672. The van der Waals surface area contributed by atoms with Crippen molar-refractivity contribution in [3.63, 3.8) is 0 Å². The summed E-state index contributed by atoms with van der Waals surface area (Å²) in [6.45, 7) is 0. The lowest BCUT2D eigenvalue weighted by Gasteiger charge is -2.03. The number of hydrogen-bond acceptors (Lipinski definition) is 4. The molecule has 1 aromatic heterocycles. The van der Waals surface area contributed by atoms with E-state index in [-0.39, 0.29) is 17.3 Å². The maximum atomic E-state index is 13.6. The van der Waals surface area contributed by atoms with Gasteiger partial charge in [-0.25, -0.2) is 4.39 Å². The predicted molar refractivity (Wildman–Crippen MR) is 79.1 cm³/mol. The van der Waals surface area contributed by atoms with Gasteiger partial charge in [0, 0.05) is 0 Å². The third kappa shape index (κ3) is 2.82. The number of anilines is 1. The van der Waals surface area contributed by atoms with E-state index in [0.29, 0.717) is 10.7 Å². The lowest BCUT2D eigenvalue weighted by molar-refractivity contribution is 0.0991. The Morgan fingerprint density at radius 3 is 2.59 bits per heavy atom. The minimum Gasteiger partial charge on any atom is -0.412 e. The van der Waals surface area contributed by atoms with Crippen LogP contribution in [-0.4, -0.2) is 16.1 Å². The van der Waals surface area contributed by atoms with Crippen molar-refractivity contribution in [3.8, 4) is 11.5 Å². The molecule has 0 fully saturated rings. The van der Waals surface area contributed by atoms with Crippen molar-refractivity contribution >= 4 is 23.2 Å². The van der Waals surface area contributed by atoms with Crippen LogP contribution in [0.25, 0.3) is 11.5 Å². The van der Waals surface area contributed by atoms with E-state index < -0.39 is 11.7 Å². The number of aromatic nitrogens is 2. The van der Waals surface area contributed by atoms with Gasteiger partial charge in [0.05, 0.1) is 16.3 Å². The van der Waals surface area contributed by atoms with Crippen molar-refractivity contribution in [3.05, 3.63) is 65.3 Å². The number of halogens is 2. The van der Waals surface area contributed by atoms with E-state index in [0.717, 1.165) is 0 Å².